The maximum absolute atomic E-state index is 14.3. The Bertz CT molecular complexity index is 1060. The van der Waals surface area contributed by atoms with Gasteiger partial charge < -0.3 is 15.5 Å². The van der Waals surface area contributed by atoms with E-state index in [4.69, 9.17) is 11.6 Å². The summed E-state index contributed by atoms with van der Waals surface area (Å²) < 4.78 is 14.3. The Morgan fingerprint density at radius 1 is 1.10 bits per heavy atom. The molecule has 0 fully saturated rings. The summed E-state index contributed by atoms with van der Waals surface area (Å²) in [4.78, 5) is 22.5. The molecule has 9 heteroatoms. The standard InChI is InChI=1S/C21H24ClFN6O/c1-13-18(23)19(24-9-4-10-29(2)3)27-20(25-13)28-21(30)26-17-8-6-14-11-16(22)7-5-15(14)12-17/h5-8,11-12H,4,9-10H2,1-3H3,(H3,24,25,26,27,28,30). The number of hydrogen-bond donors (Lipinski definition) is 3. The molecule has 0 aliphatic carbocycles. The molecule has 0 bridgehead atoms. The predicted octanol–water partition coefficient (Wildman–Crippen LogP) is 4.74. The number of halogens is 2. The third-order valence-electron chi connectivity index (χ3n) is 4.38. The average molecular weight is 431 g/mol. The number of rotatable bonds is 7. The number of nitrogens with one attached hydrogen (secondary N) is 3. The number of hydrogen-bond acceptors (Lipinski definition) is 5. The largest absolute Gasteiger partial charge is 0.367 e. The van der Waals surface area contributed by atoms with Crippen molar-refractivity contribution in [2.75, 3.05) is 43.1 Å². The number of fused-ring (bicyclic) bond motifs is 1. The fraction of sp³-hybridized carbons (Fsp3) is 0.286. The third-order valence-corrected chi connectivity index (χ3v) is 4.61. The van der Waals surface area contributed by atoms with Gasteiger partial charge in [0.25, 0.3) is 0 Å². The molecule has 2 aromatic carbocycles. The molecule has 0 aliphatic rings. The number of benzene rings is 2. The van der Waals surface area contributed by atoms with Crippen molar-refractivity contribution in [2.24, 2.45) is 0 Å². The molecular formula is C21H24ClFN6O. The van der Waals surface area contributed by atoms with Gasteiger partial charge in [-0.25, -0.2) is 14.2 Å². The zero-order valence-electron chi connectivity index (χ0n) is 17.1. The fourth-order valence-corrected chi connectivity index (χ4v) is 3.07. The molecule has 0 saturated carbocycles. The van der Waals surface area contributed by atoms with Crippen LogP contribution in [0, 0.1) is 12.7 Å². The SMILES string of the molecule is Cc1nc(NC(=O)Nc2ccc3cc(Cl)ccc3c2)nc(NCCCN(C)C)c1F. The molecule has 0 aliphatic heterocycles. The molecule has 3 N–H and O–H groups in total. The Morgan fingerprint density at radius 3 is 2.60 bits per heavy atom. The highest BCUT2D eigenvalue weighted by Gasteiger charge is 2.13. The summed E-state index contributed by atoms with van der Waals surface area (Å²) in [6.07, 6.45) is 0.825. The minimum absolute atomic E-state index is 0.0223. The zero-order chi connectivity index (χ0) is 21.7. The van der Waals surface area contributed by atoms with Crippen LogP contribution in [0.15, 0.2) is 36.4 Å². The number of aromatic nitrogens is 2. The minimum atomic E-state index is -0.529. The Hall–Kier alpha value is -2.97. The minimum Gasteiger partial charge on any atom is -0.367 e. The molecule has 0 radical (unpaired) electrons. The lowest BCUT2D eigenvalue weighted by Gasteiger charge is -2.13. The second kappa shape index (κ2) is 9.69. The van der Waals surface area contributed by atoms with E-state index in [1.165, 1.54) is 6.92 Å². The third kappa shape index (κ3) is 5.77. The number of nitrogens with zero attached hydrogens (tertiary/aromatic N) is 3. The van der Waals surface area contributed by atoms with Crippen LogP contribution in [0.25, 0.3) is 10.8 Å². The molecule has 7 nitrogen and oxygen atoms in total. The first-order valence-corrected chi connectivity index (χ1v) is 9.89. The van der Waals surface area contributed by atoms with E-state index in [0.29, 0.717) is 17.3 Å². The van der Waals surface area contributed by atoms with E-state index >= 15 is 0 Å². The summed E-state index contributed by atoms with van der Waals surface area (Å²) in [5, 5.41) is 10.8. The Labute approximate surface area is 179 Å². The van der Waals surface area contributed by atoms with Crippen molar-refractivity contribution in [3.63, 3.8) is 0 Å². The van der Waals surface area contributed by atoms with E-state index in [9.17, 15) is 9.18 Å². The molecule has 0 spiro atoms. The number of carbonyl (C=O) groups is 1. The summed E-state index contributed by atoms with van der Waals surface area (Å²) in [5.41, 5.74) is 0.751. The maximum Gasteiger partial charge on any atom is 0.326 e. The van der Waals surface area contributed by atoms with Crippen molar-refractivity contribution in [1.29, 1.82) is 0 Å². The zero-order valence-corrected chi connectivity index (χ0v) is 17.8. The molecule has 0 saturated heterocycles. The highest BCUT2D eigenvalue weighted by atomic mass is 35.5. The van der Waals surface area contributed by atoms with Crippen LogP contribution >= 0.6 is 11.6 Å². The van der Waals surface area contributed by atoms with Crippen LogP contribution in [-0.4, -0.2) is 48.1 Å². The van der Waals surface area contributed by atoms with Crippen molar-refractivity contribution in [3.05, 3.63) is 52.9 Å². The van der Waals surface area contributed by atoms with Gasteiger partial charge in [-0.1, -0.05) is 23.7 Å². The molecule has 0 unspecified atom stereocenters. The van der Waals surface area contributed by atoms with Gasteiger partial charge in [0.05, 0.1) is 5.69 Å². The van der Waals surface area contributed by atoms with Crippen LogP contribution in [0.5, 0.6) is 0 Å². The lowest BCUT2D eigenvalue weighted by molar-refractivity contribution is 0.262. The van der Waals surface area contributed by atoms with Gasteiger partial charge in [0.2, 0.25) is 5.95 Å². The number of anilines is 3. The summed E-state index contributed by atoms with van der Waals surface area (Å²) in [6, 6.07) is 10.5. The second-order valence-electron chi connectivity index (χ2n) is 7.16. The Morgan fingerprint density at radius 2 is 1.83 bits per heavy atom. The van der Waals surface area contributed by atoms with E-state index in [1.54, 1.807) is 12.1 Å². The lowest BCUT2D eigenvalue weighted by Crippen LogP contribution is -2.22. The first-order chi connectivity index (χ1) is 14.3. The normalized spacial score (nSPS) is 11.0. The van der Waals surface area contributed by atoms with Crippen molar-refractivity contribution in [1.82, 2.24) is 14.9 Å². The molecule has 158 valence electrons. The first-order valence-electron chi connectivity index (χ1n) is 9.52. The molecule has 1 heterocycles. The maximum atomic E-state index is 14.3. The number of urea groups is 1. The van der Waals surface area contributed by atoms with Crippen LogP contribution in [-0.2, 0) is 0 Å². The van der Waals surface area contributed by atoms with Gasteiger partial charge in [0.1, 0.15) is 0 Å². The van der Waals surface area contributed by atoms with Gasteiger partial charge in [0, 0.05) is 17.3 Å². The Kier molecular flexibility index (Phi) is 7.02. The van der Waals surface area contributed by atoms with Gasteiger partial charge >= 0.3 is 6.03 Å². The second-order valence-corrected chi connectivity index (χ2v) is 7.60. The van der Waals surface area contributed by atoms with Crippen molar-refractivity contribution in [3.8, 4) is 0 Å². The lowest BCUT2D eigenvalue weighted by atomic mass is 10.1. The number of aryl methyl sites for hydroxylation is 1. The highest BCUT2D eigenvalue weighted by molar-refractivity contribution is 6.31. The van der Waals surface area contributed by atoms with E-state index in [0.717, 1.165) is 23.7 Å². The fourth-order valence-electron chi connectivity index (χ4n) is 2.89. The van der Waals surface area contributed by atoms with Gasteiger partial charge in [-0.2, -0.15) is 4.98 Å². The molecular weight excluding hydrogens is 407 g/mol. The van der Waals surface area contributed by atoms with E-state index in [2.05, 4.69) is 25.9 Å². The van der Waals surface area contributed by atoms with Crippen LogP contribution in [0.2, 0.25) is 5.02 Å². The number of amides is 2. The predicted molar refractivity (Wildman–Crippen MR) is 120 cm³/mol. The molecule has 3 rings (SSSR count). The van der Waals surface area contributed by atoms with Gasteiger partial charge in [-0.05, 0) is 69.0 Å². The van der Waals surface area contributed by atoms with Gasteiger partial charge in [0.15, 0.2) is 11.6 Å². The monoisotopic (exact) mass is 430 g/mol. The van der Waals surface area contributed by atoms with E-state index < -0.39 is 11.8 Å². The molecule has 3 aromatic rings. The molecule has 0 atom stereocenters. The van der Waals surface area contributed by atoms with Crippen LogP contribution in [0.4, 0.5) is 26.6 Å². The molecule has 30 heavy (non-hydrogen) atoms. The summed E-state index contributed by atoms with van der Waals surface area (Å²) in [5.74, 6) is -0.438. The summed E-state index contributed by atoms with van der Waals surface area (Å²) in [7, 11) is 3.95. The topological polar surface area (TPSA) is 82.2 Å². The van der Waals surface area contributed by atoms with E-state index in [1.807, 2.05) is 43.3 Å². The van der Waals surface area contributed by atoms with Gasteiger partial charge in [-0.15, -0.1) is 0 Å². The average Bonchev–Trinajstić information content (AvgIpc) is 2.68. The van der Waals surface area contributed by atoms with Crippen LogP contribution < -0.4 is 16.0 Å². The molecule has 2 amide bonds. The van der Waals surface area contributed by atoms with Gasteiger partial charge in [-0.3, -0.25) is 5.32 Å². The van der Waals surface area contributed by atoms with Crippen molar-refractivity contribution < 1.29 is 9.18 Å². The quantitative estimate of drug-likeness (QED) is 0.472. The smallest absolute Gasteiger partial charge is 0.326 e. The van der Waals surface area contributed by atoms with Crippen molar-refractivity contribution >= 4 is 45.9 Å². The Balaban J connectivity index is 1.66. The van der Waals surface area contributed by atoms with E-state index in [-0.39, 0.29) is 17.5 Å². The highest BCUT2D eigenvalue weighted by Crippen LogP contribution is 2.23. The van der Waals surface area contributed by atoms with Crippen molar-refractivity contribution in [2.45, 2.75) is 13.3 Å². The summed E-state index contributed by atoms with van der Waals surface area (Å²) in [6.45, 7) is 2.95. The summed E-state index contributed by atoms with van der Waals surface area (Å²) >= 11 is 6.00. The number of carbonyl (C=O) groups excluding carboxylic acids is 1. The van der Waals surface area contributed by atoms with Crippen LogP contribution in [0.1, 0.15) is 12.1 Å². The van der Waals surface area contributed by atoms with Crippen LogP contribution in [0.3, 0.4) is 0 Å². The first kappa shape index (κ1) is 21.7. The molecule has 1 aromatic heterocycles.